The number of nitrogens with one attached hydrogen (secondary N) is 1. The molecule has 1 aromatic carbocycles. The minimum absolute atomic E-state index is 0.415. The second kappa shape index (κ2) is 5.87. The maximum absolute atomic E-state index is 11.6. The molecule has 0 saturated carbocycles. The van der Waals surface area contributed by atoms with Crippen LogP contribution in [0.5, 0.6) is 0 Å². The first-order valence-corrected chi connectivity index (χ1v) is 6.02. The van der Waals surface area contributed by atoms with E-state index in [1.807, 2.05) is 30.3 Å². The average Bonchev–Trinajstić information content (AvgIpc) is 2.26. The largest absolute Gasteiger partial charge is 0.444 e. The molecule has 0 aromatic heterocycles. The van der Waals surface area contributed by atoms with Crippen molar-refractivity contribution < 1.29 is 14.6 Å². The molecule has 1 amide bonds. The number of carbonyl (C=O) groups excluding carboxylic acids is 1. The van der Waals surface area contributed by atoms with Crippen LogP contribution >= 0.6 is 0 Å². The zero-order valence-corrected chi connectivity index (χ0v) is 11.3. The molecule has 0 aliphatic rings. The number of amides is 1. The summed E-state index contributed by atoms with van der Waals surface area (Å²) >= 11 is 0. The van der Waals surface area contributed by atoms with Gasteiger partial charge in [-0.25, -0.2) is 4.79 Å². The van der Waals surface area contributed by atoms with Crippen molar-refractivity contribution in [2.24, 2.45) is 0 Å². The van der Waals surface area contributed by atoms with E-state index in [1.54, 1.807) is 27.7 Å². The molecule has 100 valence electrons. The zero-order chi connectivity index (χ0) is 13.8. The van der Waals surface area contributed by atoms with Crippen LogP contribution in [0.2, 0.25) is 0 Å². The van der Waals surface area contributed by atoms with Crippen molar-refractivity contribution in [1.29, 1.82) is 0 Å². The highest BCUT2D eigenvalue weighted by molar-refractivity contribution is 5.68. The van der Waals surface area contributed by atoms with Crippen molar-refractivity contribution >= 4 is 6.09 Å². The first-order chi connectivity index (χ1) is 8.29. The Labute approximate surface area is 108 Å². The van der Waals surface area contributed by atoms with E-state index < -0.39 is 23.8 Å². The van der Waals surface area contributed by atoms with Crippen LogP contribution < -0.4 is 5.32 Å². The number of alkyl carbamates (subject to hydrolysis) is 1. The van der Waals surface area contributed by atoms with Gasteiger partial charge in [0, 0.05) is 0 Å². The lowest BCUT2D eigenvalue weighted by molar-refractivity contribution is 0.0436. The Morgan fingerprint density at radius 3 is 2.33 bits per heavy atom. The van der Waals surface area contributed by atoms with Crippen molar-refractivity contribution in [1.82, 2.24) is 5.32 Å². The van der Waals surface area contributed by atoms with Gasteiger partial charge >= 0.3 is 6.09 Å². The molecule has 0 fully saturated rings. The minimum atomic E-state index is -0.751. The molecule has 2 atom stereocenters. The topological polar surface area (TPSA) is 58.6 Å². The number of hydrogen-bond acceptors (Lipinski definition) is 3. The number of benzene rings is 1. The van der Waals surface area contributed by atoms with E-state index in [-0.39, 0.29) is 0 Å². The maximum atomic E-state index is 11.6. The van der Waals surface area contributed by atoms with E-state index in [1.165, 1.54) is 0 Å². The highest BCUT2D eigenvalue weighted by Crippen LogP contribution is 2.16. The number of aliphatic hydroxyl groups excluding tert-OH is 1. The Hall–Kier alpha value is -1.55. The fourth-order valence-electron chi connectivity index (χ4n) is 1.51. The molecule has 18 heavy (non-hydrogen) atoms. The number of ether oxygens (including phenoxy) is 1. The first kappa shape index (κ1) is 14.5. The van der Waals surface area contributed by atoms with E-state index in [4.69, 9.17) is 4.74 Å². The van der Waals surface area contributed by atoms with Crippen molar-refractivity contribution in [2.45, 2.75) is 45.4 Å². The molecule has 0 aliphatic heterocycles. The number of carbonyl (C=O) groups is 1. The highest BCUT2D eigenvalue weighted by Gasteiger charge is 2.22. The quantitative estimate of drug-likeness (QED) is 0.868. The van der Waals surface area contributed by atoms with Crippen LogP contribution in [-0.4, -0.2) is 22.8 Å². The fourth-order valence-corrected chi connectivity index (χ4v) is 1.51. The van der Waals surface area contributed by atoms with Crippen molar-refractivity contribution in [3.05, 3.63) is 35.9 Å². The maximum Gasteiger partial charge on any atom is 0.407 e. The summed E-state index contributed by atoms with van der Waals surface area (Å²) in [5.74, 6) is 0. The summed E-state index contributed by atoms with van der Waals surface area (Å²) in [6.07, 6.45) is -1.27. The van der Waals surface area contributed by atoms with Gasteiger partial charge in [-0.1, -0.05) is 30.3 Å². The van der Waals surface area contributed by atoms with Gasteiger partial charge < -0.3 is 15.2 Å². The van der Waals surface area contributed by atoms with Gasteiger partial charge in [-0.05, 0) is 33.3 Å². The Balaban J connectivity index is 2.55. The molecule has 4 heteroatoms. The Kier molecular flexibility index (Phi) is 4.73. The molecule has 0 saturated heterocycles. The van der Waals surface area contributed by atoms with E-state index in [0.29, 0.717) is 0 Å². The average molecular weight is 251 g/mol. The molecule has 1 unspecified atom stereocenters. The van der Waals surface area contributed by atoms with Crippen LogP contribution in [0.15, 0.2) is 30.3 Å². The monoisotopic (exact) mass is 251 g/mol. The van der Waals surface area contributed by atoms with Gasteiger partial charge in [0.15, 0.2) is 0 Å². The summed E-state index contributed by atoms with van der Waals surface area (Å²) in [5, 5.41) is 12.7. The standard InChI is InChI=1S/C14H21NO3/c1-10(15-13(17)18-14(2,3)4)12(16)11-8-6-5-7-9-11/h5-10,12,16H,1-4H3,(H,15,17)/t10?,12-/m1/s1. The summed E-state index contributed by atoms with van der Waals surface area (Å²) in [5.41, 5.74) is 0.225. The molecule has 4 nitrogen and oxygen atoms in total. The van der Waals surface area contributed by atoms with Crippen molar-refractivity contribution in [3.8, 4) is 0 Å². The van der Waals surface area contributed by atoms with Crippen LogP contribution in [0.3, 0.4) is 0 Å². The van der Waals surface area contributed by atoms with Gasteiger partial charge in [0.25, 0.3) is 0 Å². The summed E-state index contributed by atoms with van der Waals surface area (Å²) in [6, 6.07) is 8.79. The third kappa shape index (κ3) is 4.75. The smallest absolute Gasteiger partial charge is 0.407 e. The van der Waals surface area contributed by atoms with Gasteiger partial charge in [0.1, 0.15) is 5.60 Å². The second-order valence-electron chi connectivity index (χ2n) is 5.29. The van der Waals surface area contributed by atoms with Gasteiger partial charge in [-0.3, -0.25) is 0 Å². The van der Waals surface area contributed by atoms with Crippen LogP contribution in [0, 0.1) is 0 Å². The van der Waals surface area contributed by atoms with Crippen LogP contribution in [0.4, 0.5) is 4.79 Å². The van der Waals surface area contributed by atoms with E-state index in [9.17, 15) is 9.90 Å². The Morgan fingerprint density at radius 2 is 1.83 bits per heavy atom. The van der Waals surface area contributed by atoms with Gasteiger partial charge in [0.2, 0.25) is 0 Å². The SMILES string of the molecule is CC(NC(=O)OC(C)(C)C)[C@@H](O)c1ccccc1. The van der Waals surface area contributed by atoms with Crippen molar-refractivity contribution in [2.75, 3.05) is 0 Å². The van der Waals surface area contributed by atoms with Crippen LogP contribution in [0.1, 0.15) is 39.4 Å². The fraction of sp³-hybridized carbons (Fsp3) is 0.500. The molecule has 0 spiro atoms. The summed E-state index contributed by atoms with van der Waals surface area (Å²) < 4.78 is 5.13. The normalized spacial score (nSPS) is 14.7. The first-order valence-electron chi connectivity index (χ1n) is 6.02. The Bertz CT molecular complexity index is 384. The lowest BCUT2D eigenvalue weighted by Crippen LogP contribution is -2.40. The van der Waals surface area contributed by atoms with Crippen LogP contribution in [-0.2, 0) is 4.74 Å². The third-order valence-corrected chi connectivity index (χ3v) is 2.36. The molecular formula is C14H21NO3. The summed E-state index contributed by atoms with van der Waals surface area (Å²) in [6.45, 7) is 7.13. The molecular weight excluding hydrogens is 230 g/mol. The molecule has 1 aromatic rings. The predicted octanol–water partition coefficient (Wildman–Crippen LogP) is 2.63. The van der Waals surface area contributed by atoms with E-state index >= 15 is 0 Å². The lowest BCUT2D eigenvalue weighted by atomic mass is 10.0. The summed E-state index contributed by atoms with van der Waals surface area (Å²) in [7, 11) is 0. The molecule has 1 rings (SSSR count). The van der Waals surface area contributed by atoms with Crippen molar-refractivity contribution in [3.63, 3.8) is 0 Å². The van der Waals surface area contributed by atoms with Gasteiger partial charge in [0.05, 0.1) is 12.1 Å². The summed E-state index contributed by atoms with van der Waals surface area (Å²) in [4.78, 5) is 11.6. The molecule has 0 aliphatic carbocycles. The molecule has 0 heterocycles. The number of rotatable bonds is 3. The van der Waals surface area contributed by atoms with Gasteiger partial charge in [-0.15, -0.1) is 0 Å². The molecule has 0 radical (unpaired) electrons. The second-order valence-corrected chi connectivity index (χ2v) is 5.29. The minimum Gasteiger partial charge on any atom is -0.444 e. The predicted molar refractivity (Wildman–Crippen MR) is 70.2 cm³/mol. The molecule has 0 bridgehead atoms. The van der Waals surface area contributed by atoms with Crippen LogP contribution in [0.25, 0.3) is 0 Å². The van der Waals surface area contributed by atoms with E-state index in [0.717, 1.165) is 5.56 Å². The zero-order valence-electron chi connectivity index (χ0n) is 11.3. The van der Waals surface area contributed by atoms with Gasteiger partial charge in [-0.2, -0.15) is 0 Å². The number of hydrogen-bond donors (Lipinski definition) is 2. The highest BCUT2D eigenvalue weighted by atomic mass is 16.6. The molecule has 2 N–H and O–H groups in total. The number of aliphatic hydroxyl groups is 1. The third-order valence-electron chi connectivity index (χ3n) is 2.36. The Morgan fingerprint density at radius 1 is 1.28 bits per heavy atom. The van der Waals surface area contributed by atoms with E-state index in [2.05, 4.69) is 5.32 Å². The lowest BCUT2D eigenvalue weighted by Gasteiger charge is -2.24.